The van der Waals surface area contributed by atoms with E-state index in [1.54, 1.807) is 19.2 Å². The van der Waals surface area contributed by atoms with E-state index in [9.17, 15) is 0 Å². The lowest BCUT2D eigenvalue weighted by molar-refractivity contribution is -0.914. The molecule has 14 nitrogen and oxygen atoms in total. The number of hydrogen-bond donors (Lipinski definition) is 2. The van der Waals surface area contributed by atoms with Gasteiger partial charge in [-0.15, -0.1) is 0 Å². The molecule has 0 atom stereocenters. The van der Waals surface area contributed by atoms with Crippen molar-refractivity contribution < 1.29 is 50.0 Å². The molecule has 0 radical (unpaired) electrons. The van der Waals surface area contributed by atoms with Crippen LogP contribution in [-0.4, -0.2) is 139 Å². The van der Waals surface area contributed by atoms with Gasteiger partial charge in [-0.05, 0) is 31.0 Å². The van der Waals surface area contributed by atoms with Crippen LogP contribution in [0.4, 0.5) is 17.6 Å². The van der Waals surface area contributed by atoms with Gasteiger partial charge in [-0.1, -0.05) is 37.3 Å². The molecule has 2 aromatic rings. The van der Waals surface area contributed by atoms with Crippen LogP contribution in [0.2, 0.25) is 5.02 Å². The molecular formula is C36H61Cl2N7O7. The fourth-order valence-electron chi connectivity index (χ4n) is 6.40. The van der Waals surface area contributed by atoms with Gasteiger partial charge in [0.15, 0.2) is 0 Å². The number of hydrogen-bond acceptors (Lipinski definition) is 13. The van der Waals surface area contributed by atoms with Crippen LogP contribution in [-0.2, 0) is 28.4 Å². The molecule has 2 aliphatic rings. The average molecular weight is 775 g/mol. The van der Waals surface area contributed by atoms with Crippen molar-refractivity contribution >= 4 is 29.2 Å². The molecule has 0 unspecified atom stereocenters. The molecule has 1 aliphatic heterocycles. The number of nitrogens with two attached hydrogens (primary N) is 1. The topological polar surface area (TPSA) is 145 Å². The number of piperidine rings is 1. The van der Waals surface area contributed by atoms with Crippen LogP contribution in [0.15, 0.2) is 18.2 Å². The molecule has 0 bridgehead atoms. The van der Waals surface area contributed by atoms with Crippen LogP contribution in [0.1, 0.15) is 63.1 Å². The maximum atomic E-state index is 6.80. The number of likely N-dealkylation sites (tertiary alicyclic amines) is 1. The van der Waals surface area contributed by atoms with Crippen molar-refractivity contribution in [2.75, 3.05) is 124 Å². The molecule has 1 saturated carbocycles. The summed E-state index contributed by atoms with van der Waals surface area (Å²) in [6.45, 7) is 9.14. The molecule has 3 N–H and O–H groups in total. The van der Waals surface area contributed by atoms with E-state index in [0.717, 1.165) is 61.3 Å². The molecular weight excluding hydrogens is 713 g/mol. The number of benzene rings is 1. The highest BCUT2D eigenvalue weighted by Crippen LogP contribution is 2.33. The second kappa shape index (κ2) is 25.1. The Bertz CT molecular complexity index is 1260. The van der Waals surface area contributed by atoms with Crippen molar-refractivity contribution in [1.29, 1.82) is 0 Å². The maximum absolute atomic E-state index is 6.80. The summed E-state index contributed by atoms with van der Waals surface area (Å²) < 4.78 is 39.1. The summed E-state index contributed by atoms with van der Waals surface area (Å²) in [5.41, 5.74) is 0.774. The summed E-state index contributed by atoms with van der Waals surface area (Å²) in [5.74, 6) is 9.50. The van der Waals surface area contributed by atoms with Crippen molar-refractivity contribution in [3.05, 3.63) is 29.0 Å². The highest BCUT2D eigenvalue weighted by Gasteiger charge is 2.33. The number of ether oxygens (including phenoxy) is 7. The zero-order chi connectivity index (χ0) is 36.2. The Morgan fingerprint density at radius 1 is 0.769 bits per heavy atom. The van der Waals surface area contributed by atoms with Crippen molar-refractivity contribution in [3.63, 3.8) is 0 Å². The molecule has 0 amide bonds. The molecule has 1 aliphatic carbocycles. The maximum Gasteiger partial charge on any atom is 0.245 e. The van der Waals surface area contributed by atoms with Crippen LogP contribution in [0.5, 0.6) is 5.75 Å². The molecule has 4 rings (SSSR count). The quantitative estimate of drug-likeness (QED) is 0.0526. The molecule has 52 heavy (non-hydrogen) atoms. The first-order valence-corrected chi connectivity index (χ1v) is 18.9. The van der Waals surface area contributed by atoms with Gasteiger partial charge >= 0.3 is 0 Å². The summed E-state index contributed by atoms with van der Waals surface area (Å²) in [6, 6.07) is 5.67. The van der Waals surface area contributed by atoms with Crippen LogP contribution in [0.25, 0.3) is 0 Å². The van der Waals surface area contributed by atoms with Gasteiger partial charge < -0.3 is 55.4 Å². The second-order valence-corrected chi connectivity index (χ2v) is 13.9. The Morgan fingerprint density at radius 2 is 1.33 bits per heavy atom. The lowest BCUT2D eigenvalue weighted by atomic mass is 9.99. The number of anilines is 3. The van der Waals surface area contributed by atoms with Crippen molar-refractivity contribution in [3.8, 4) is 5.75 Å². The van der Waals surface area contributed by atoms with E-state index in [0.29, 0.717) is 101 Å². The number of rotatable bonds is 24. The molecule has 0 spiro atoms. The number of methoxy groups -OCH3 is 2. The van der Waals surface area contributed by atoms with Crippen LogP contribution >= 0.6 is 11.6 Å². The van der Waals surface area contributed by atoms with E-state index in [1.807, 2.05) is 18.2 Å². The lowest BCUT2D eigenvalue weighted by Crippen LogP contribution is -3.00. The smallest absolute Gasteiger partial charge is 0.245 e. The van der Waals surface area contributed by atoms with Gasteiger partial charge in [-0.2, -0.15) is 15.0 Å². The zero-order valence-corrected chi connectivity index (χ0v) is 32.9. The fraction of sp³-hybridized carbons (Fsp3) is 0.750. The van der Waals surface area contributed by atoms with Gasteiger partial charge in [0.1, 0.15) is 18.1 Å². The van der Waals surface area contributed by atoms with Gasteiger partial charge in [0.25, 0.3) is 0 Å². The summed E-state index contributed by atoms with van der Waals surface area (Å²) in [7, 11) is 5.55. The predicted molar refractivity (Wildman–Crippen MR) is 198 cm³/mol. The highest BCUT2D eigenvalue weighted by molar-refractivity contribution is 6.32. The predicted octanol–water partition coefficient (Wildman–Crippen LogP) is 1.74. The Kier molecular flexibility index (Phi) is 21.3. The Labute approximate surface area is 321 Å². The minimum Gasteiger partial charge on any atom is -1.00 e. The molecule has 296 valence electrons. The second-order valence-electron chi connectivity index (χ2n) is 13.5. The molecule has 2 fully saturated rings. The minimum atomic E-state index is 0. The molecule has 16 heteroatoms. The van der Waals surface area contributed by atoms with E-state index >= 15 is 0 Å². The number of aromatic nitrogens is 3. The number of nitrogens with one attached hydrogen (secondary N) is 1. The first-order chi connectivity index (χ1) is 24.9. The van der Waals surface area contributed by atoms with E-state index in [4.69, 9.17) is 65.6 Å². The van der Waals surface area contributed by atoms with Gasteiger partial charge in [-0.25, -0.2) is 5.84 Å². The first-order valence-electron chi connectivity index (χ1n) is 18.5. The van der Waals surface area contributed by atoms with Gasteiger partial charge in [0.05, 0.1) is 111 Å². The van der Waals surface area contributed by atoms with Crippen LogP contribution < -0.4 is 33.3 Å². The third-order valence-corrected chi connectivity index (χ3v) is 9.89. The third-order valence-electron chi connectivity index (χ3n) is 9.59. The van der Waals surface area contributed by atoms with E-state index in [1.165, 1.54) is 25.7 Å². The van der Waals surface area contributed by atoms with Crippen LogP contribution in [0.3, 0.4) is 0 Å². The summed E-state index contributed by atoms with van der Waals surface area (Å²) in [6.07, 6.45) is 8.90. The minimum absolute atomic E-state index is 0. The van der Waals surface area contributed by atoms with Gasteiger partial charge in [0.2, 0.25) is 11.9 Å². The van der Waals surface area contributed by atoms with E-state index < -0.39 is 0 Å². The highest BCUT2D eigenvalue weighted by atomic mass is 35.5. The summed E-state index contributed by atoms with van der Waals surface area (Å²) in [5, 5.41) is 5.62. The van der Waals surface area contributed by atoms with Crippen molar-refractivity contribution in [2.24, 2.45) is 5.84 Å². The summed E-state index contributed by atoms with van der Waals surface area (Å²) in [4.78, 5) is 14.6. The Hall–Kier alpha value is -2.11. The number of hydrazine groups is 1. The fourth-order valence-corrected chi connectivity index (χ4v) is 6.65. The van der Waals surface area contributed by atoms with Crippen molar-refractivity contribution in [1.82, 2.24) is 15.0 Å². The average Bonchev–Trinajstić information content (AvgIpc) is 3.43. The molecule has 2 heterocycles. The van der Waals surface area contributed by atoms with E-state index in [2.05, 4.69) is 12.4 Å². The SMILES string of the molecule is COCCOCCOCCOCCOCCOCC[N+]1(C)CCC(N(N)c2nc(Nc3ccc(OC)c(Cl)c3)nc(C3CCCCCC3)n2)CC1.[Cl-]. The Morgan fingerprint density at radius 3 is 1.87 bits per heavy atom. The number of quaternary nitrogens is 1. The number of likely N-dealkylation sites (N-methyl/N-ethyl adjacent to an activating group) is 1. The van der Waals surface area contributed by atoms with Crippen LogP contribution in [0, 0.1) is 0 Å². The normalized spacial score (nSPS) is 19.5. The van der Waals surface area contributed by atoms with Gasteiger partial charge in [0, 0.05) is 31.6 Å². The van der Waals surface area contributed by atoms with Gasteiger partial charge in [-0.3, -0.25) is 5.01 Å². The zero-order valence-electron chi connectivity index (χ0n) is 31.4. The standard InChI is InChI=1S/C36H61ClN7O7.ClH/c1-44(16-17-47-20-21-49-24-25-51-27-26-50-23-22-48-19-18-45-2)14-12-31(13-15-44)43(38)36-41-34(29-8-6-4-5-7-9-29)40-35(42-36)39-30-10-11-33(46-3)32(37)28-30;/h10-11,28-29,31H,4-9,12-27,38H2,1-3H3,(H,39,40,41,42);1H/q+1;/p-1. The number of nitrogens with zero attached hydrogens (tertiary/aromatic N) is 5. The molecule has 1 aromatic heterocycles. The largest absolute Gasteiger partial charge is 1.00 e. The lowest BCUT2D eigenvalue weighted by Gasteiger charge is -2.42. The van der Waals surface area contributed by atoms with E-state index in [-0.39, 0.29) is 18.4 Å². The molecule has 1 aromatic carbocycles. The third kappa shape index (κ3) is 15.7. The molecule has 1 saturated heterocycles. The Balaban J connectivity index is 0.00000729. The first kappa shape index (κ1) is 44.3. The number of halogens is 2. The van der Waals surface area contributed by atoms with Crippen molar-refractivity contribution in [2.45, 2.75) is 63.3 Å². The summed E-state index contributed by atoms with van der Waals surface area (Å²) >= 11 is 6.40. The monoisotopic (exact) mass is 773 g/mol.